The minimum Gasteiger partial charge on any atom is -0.459 e. The second-order valence-corrected chi connectivity index (χ2v) is 3.62. The third-order valence-corrected chi connectivity index (χ3v) is 2.18. The van der Waals surface area contributed by atoms with E-state index in [1.807, 2.05) is 0 Å². The highest BCUT2D eigenvalue weighted by Gasteiger charge is 2.44. The van der Waals surface area contributed by atoms with E-state index in [4.69, 9.17) is 11.6 Å². The van der Waals surface area contributed by atoms with Gasteiger partial charge in [-0.05, 0) is 13.0 Å². The Bertz CT molecular complexity index is 509. The predicted octanol–water partition coefficient (Wildman–Crippen LogP) is 2.78. The van der Waals surface area contributed by atoms with Crippen molar-refractivity contribution in [3.8, 4) is 5.75 Å². The summed E-state index contributed by atoms with van der Waals surface area (Å²) in [7, 11) is 0. The first-order valence-corrected chi connectivity index (χ1v) is 5.33. The number of nitrogens with zero attached hydrogens (tertiary/aromatic N) is 1. The Labute approximate surface area is 111 Å². The van der Waals surface area contributed by atoms with Gasteiger partial charge in [-0.3, -0.25) is 10.1 Å². The minimum atomic E-state index is -4.20. The first-order chi connectivity index (χ1) is 8.77. The number of nitro groups is 1. The highest BCUT2D eigenvalue weighted by atomic mass is 35.5. The molecule has 0 N–H and O–H groups in total. The molecule has 1 aromatic rings. The van der Waals surface area contributed by atoms with Gasteiger partial charge in [-0.25, -0.2) is 4.79 Å². The number of alkyl halides is 2. The van der Waals surface area contributed by atoms with E-state index in [-0.39, 0.29) is 11.6 Å². The molecule has 0 unspecified atom stereocenters. The summed E-state index contributed by atoms with van der Waals surface area (Å²) >= 11 is 5.51. The molecule has 0 aliphatic carbocycles. The zero-order valence-corrected chi connectivity index (χ0v) is 10.3. The van der Waals surface area contributed by atoms with Gasteiger partial charge >= 0.3 is 12.1 Å². The van der Waals surface area contributed by atoms with Gasteiger partial charge in [0.25, 0.3) is 5.69 Å². The summed E-state index contributed by atoms with van der Waals surface area (Å²) in [6, 6.07) is 2.60. The summed E-state index contributed by atoms with van der Waals surface area (Å²) in [4.78, 5) is 20.6. The van der Waals surface area contributed by atoms with E-state index < -0.39 is 28.4 Å². The van der Waals surface area contributed by atoms with Crippen LogP contribution in [0.15, 0.2) is 18.2 Å². The highest BCUT2D eigenvalue weighted by molar-refractivity contribution is 6.32. The number of carbonyl (C=O) groups is 1. The fourth-order valence-electron chi connectivity index (χ4n) is 1.10. The molecule has 0 amide bonds. The molecule has 0 aliphatic heterocycles. The van der Waals surface area contributed by atoms with Gasteiger partial charge in [-0.1, -0.05) is 11.6 Å². The molecular weight excluding hydrogens is 288 g/mol. The Morgan fingerprint density at radius 1 is 1.53 bits per heavy atom. The summed E-state index contributed by atoms with van der Waals surface area (Å²) in [6.45, 7) is 1.12. The number of esters is 1. The van der Waals surface area contributed by atoms with Crippen LogP contribution in [0.25, 0.3) is 0 Å². The summed E-state index contributed by atoms with van der Waals surface area (Å²) in [5.41, 5.74) is -0.464. The lowest BCUT2D eigenvalue weighted by molar-refractivity contribution is -0.384. The Morgan fingerprint density at radius 2 is 2.16 bits per heavy atom. The number of hydrogen-bond donors (Lipinski definition) is 0. The van der Waals surface area contributed by atoms with E-state index in [2.05, 4.69) is 9.47 Å². The molecule has 0 radical (unpaired) electrons. The summed E-state index contributed by atoms with van der Waals surface area (Å²) in [6.07, 6.45) is -4.20. The Hall–Kier alpha value is -1.96. The molecule has 0 aliphatic rings. The lowest BCUT2D eigenvalue weighted by Crippen LogP contribution is -2.36. The van der Waals surface area contributed by atoms with Gasteiger partial charge in [0.1, 0.15) is 10.8 Å². The third kappa shape index (κ3) is 3.75. The average Bonchev–Trinajstić information content (AvgIpc) is 2.28. The number of carbonyl (C=O) groups excluding carboxylic acids is 1. The summed E-state index contributed by atoms with van der Waals surface area (Å²) < 4.78 is 34.6. The van der Waals surface area contributed by atoms with Crippen LogP contribution in [0.4, 0.5) is 14.5 Å². The molecule has 104 valence electrons. The topological polar surface area (TPSA) is 78.7 Å². The van der Waals surface area contributed by atoms with E-state index in [0.717, 1.165) is 18.2 Å². The van der Waals surface area contributed by atoms with Crippen LogP contribution in [0.2, 0.25) is 5.02 Å². The normalized spacial score (nSPS) is 10.9. The minimum absolute atomic E-state index is 0.237. The van der Waals surface area contributed by atoms with Crippen molar-refractivity contribution in [3.63, 3.8) is 0 Å². The van der Waals surface area contributed by atoms with Gasteiger partial charge in [0.2, 0.25) is 0 Å². The van der Waals surface area contributed by atoms with Crippen molar-refractivity contribution in [2.45, 2.75) is 13.0 Å². The molecule has 0 bridgehead atoms. The zero-order valence-electron chi connectivity index (χ0n) is 9.56. The molecule has 0 spiro atoms. The standard InChI is InChI=1S/C10H8ClF2NO5/c1-2-18-9(15)10(12,13)19-6-3-4-8(14(16)17)7(11)5-6/h3-5H,2H2,1H3. The monoisotopic (exact) mass is 295 g/mol. The Kier molecular flexibility index (Phi) is 4.60. The Morgan fingerprint density at radius 3 is 2.63 bits per heavy atom. The van der Waals surface area contributed by atoms with Gasteiger partial charge in [0.15, 0.2) is 0 Å². The van der Waals surface area contributed by atoms with Crippen molar-refractivity contribution < 1.29 is 28.0 Å². The lowest BCUT2D eigenvalue weighted by atomic mass is 10.3. The molecule has 6 nitrogen and oxygen atoms in total. The maximum Gasteiger partial charge on any atom is 0.502 e. The summed E-state index contributed by atoms with van der Waals surface area (Å²) in [5, 5.41) is 10.1. The molecule has 0 saturated carbocycles. The quantitative estimate of drug-likeness (QED) is 0.474. The molecule has 0 heterocycles. The van der Waals surface area contributed by atoms with Gasteiger partial charge in [0, 0.05) is 12.1 Å². The average molecular weight is 296 g/mol. The van der Waals surface area contributed by atoms with E-state index in [0.29, 0.717) is 0 Å². The van der Waals surface area contributed by atoms with Crippen LogP contribution in [-0.4, -0.2) is 23.6 Å². The SMILES string of the molecule is CCOC(=O)C(F)(F)Oc1ccc([N+](=O)[O-])c(Cl)c1. The maximum absolute atomic E-state index is 13.2. The van der Waals surface area contributed by atoms with Crippen LogP contribution in [0.3, 0.4) is 0 Å². The van der Waals surface area contributed by atoms with Crippen molar-refractivity contribution in [1.29, 1.82) is 0 Å². The second kappa shape index (κ2) is 5.79. The third-order valence-electron chi connectivity index (χ3n) is 1.87. The van der Waals surface area contributed by atoms with E-state index in [1.54, 1.807) is 0 Å². The van der Waals surface area contributed by atoms with Crippen molar-refractivity contribution in [2.75, 3.05) is 6.61 Å². The number of rotatable bonds is 5. The maximum atomic E-state index is 13.2. The molecule has 1 aromatic carbocycles. The first-order valence-electron chi connectivity index (χ1n) is 4.96. The van der Waals surface area contributed by atoms with Crippen LogP contribution in [0.1, 0.15) is 6.92 Å². The van der Waals surface area contributed by atoms with E-state index in [1.165, 1.54) is 6.92 Å². The molecule has 1 rings (SSSR count). The van der Waals surface area contributed by atoms with Crippen LogP contribution >= 0.6 is 11.6 Å². The molecule has 0 saturated heterocycles. The van der Waals surface area contributed by atoms with E-state index >= 15 is 0 Å². The van der Waals surface area contributed by atoms with Crippen LogP contribution in [0.5, 0.6) is 5.75 Å². The van der Waals surface area contributed by atoms with Crippen molar-refractivity contribution in [1.82, 2.24) is 0 Å². The zero-order chi connectivity index (χ0) is 14.6. The van der Waals surface area contributed by atoms with Crippen LogP contribution in [0, 0.1) is 10.1 Å². The Balaban J connectivity index is 2.91. The number of hydrogen-bond acceptors (Lipinski definition) is 5. The van der Waals surface area contributed by atoms with Gasteiger partial charge < -0.3 is 9.47 Å². The number of nitro benzene ring substituents is 1. The molecule has 0 atom stereocenters. The molecule has 19 heavy (non-hydrogen) atoms. The number of benzene rings is 1. The van der Waals surface area contributed by atoms with Gasteiger partial charge in [-0.15, -0.1) is 0 Å². The van der Waals surface area contributed by atoms with Crippen molar-refractivity contribution in [2.24, 2.45) is 0 Å². The molecule has 9 heteroatoms. The fourth-order valence-corrected chi connectivity index (χ4v) is 1.34. The largest absolute Gasteiger partial charge is 0.502 e. The molecular formula is C10H8ClF2NO5. The smallest absolute Gasteiger partial charge is 0.459 e. The first kappa shape index (κ1) is 15.1. The van der Waals surface area contributed by atoms with Crippen LogP contribution < -0.4 is 4.74 Å². The van der Waals surface area contributed by atoms with Gasteiger partial charge in [0.05, 0.1) is 11.5 Å². The predicted molar refractivity (Wildman–Crippen MR) is 60.3 cm³/mol. The lowest BCUT2D eigenvalue weighted by Gasteiger charge is -2.15. The van der Waals surface area contributed by atoms with Crippen molar-refractivity contribution in [3.05, 3.63) is 33.3 Å². The molecule has 0 fully saturated rings. The van der Waals surface area contributed by atoms with E-state index in [9.17, 15) is 23.7 Å². The number of halogens is 3. The summed E-state index contributed by atoms with van der Waals surface area (Å²) in [5.74, 6) is -2.35. The highest BCUT2D eigenvalue weighted by Crippen LogP contribution is 2.31. The van der Waals surface area contributed by atoms with Crippen LogP contribution in [-0.2, 0) is 9.53 Å². The fraction of sp³-hybridized carbons (Fsp3) is 0.300. The van der Waals surface area contributed by atoms with Gasteiger partial charge in [-0.2, -0.15) is 8.78 Å². The number of ether oxygens (including phenoxy) is 2. The van der Waals surface area contributed by atoms with Crippen molar-refractivity contribution >= 4 is 23.3 Å². The second-order valence-electron chi connectivity index (χ2n) is 3.21. The molecule has 0 aromatic heterocycles.